The number of nitrogens with two attached hydrogens (primary N) is 1. The van der Waals surface area contributed by atoms with E-state index in [0.717, 1.165) is 22.3 Å². The Labute approximate surface area is 120 Å². The monoisotopic (exact) mass is 273 g/mol. The number of halogens is 1. The van der Waals surface area contributed by atoms with Crippen LogP contribution in [0.2, 0.25) is 0 Å². The summed E-state index contributed by atoms with van der Waals surface area (Å²) in [5.74, 6) is -0.247. The van der Waals surface area contributed by atoms with Crippen LogP contribution in [0.1, 0.15) is 39.3 Å². The molecule has 0 spiro atoms. The maximum atomic E-state index is 13.6. The van der Waals surface area contributed by atoms with E-state index in [1.807, 2.05) is 19.5 Å². The second-order valence-electron chi connectivity index (χ2n) is 6.28. The van der Waals surface area contributed by atoms with E-state index in [1.165, 1.54) is 6.07 Å². The fourth-order valence-corrected chi connectivity index (χ4v) is 2.32. The Morgan fingerprint density at radius 2 is 2.00 bits per heavy atom. The van der Waals surface area contributed by atoms with E-state index in [9.17, 15) is 4.39 Å². The van der Waals surface area contributed by atoms with Gasteiger partial charge in [0, 0.05) is 11.6 Å². The minimum atomic E-state index is -0.247. The number of benzene rings is 1. The van der Waals surface area contributed by atoms with Crippen molar-refractivity contribution >= 4 is 13.3 Å². The van der Waals surface area contributed by atoms with Gasteiger partial charge in [0.2, 0.25) is 0 Å². The zero-order valence-electron chi connectivity index (χ0n) is 12.7. The summed E-state index contributed by atoms with van der Waals surface area (Å²) in [7, 11) is 1.97. The lowest BCUT2D eigenvalue weighted by molar-refractivity contribution is 0.360. The van der Waals surface area contributed by atoms with Gasteiger partial charge >= 0.3 is 0 Å². The first-order chi connectivity index (χ1) is 9.21. The van der Waals surface area contributed by atoms with Crippen LogP contribution in [-0.4, -0.2) is 17.6 Å². The molecule has 2 N–H and O–H groups in total. The minimum absolute atomic E-state index is 0.149. The first kappa shape index (κ1) is 14.8. The molecule has 20 heavy (non-hydrogen) atoms. The van der Waals surface area contributed by atoms with E-state index in [0.29, 0.717) is 0 Å². The number of rotatable bonds is 2. The molecule has 3 nitrogen and oxygen atoms in total. The van der Waals surface area contributed by atoms with E-state index in [2.05, 4.69) is 25.9 Å². The molecular weight excluding hydrogens is 252 g/mol. The normalized spacial score (nSPS) is 13.5. The zero-order chi connectivity index (χ0) is 15.1. The van der Waals surface area contributed by atoms with Gasteiger partial charge < -0.3 is 5.73 Å². The first-order valence-electron chi connectivity index (χ1n) is 6.82. The standard InChI is InChI=1S/C15H21BFN3/c1-9(18)12-8-19-20(15(2,3)4)14(12)11-7-10(17)5-6-13(11)16/h5-9H,16,18H2,1-4H3/t9-/m1/s1. The molecule has 2 rings (SSSR count). The largest absolute Gasteiger partial charge is 0.324 e. The van der Waals surface area contributed by atoms with Gasteiger partial charge in [0.05, 0.1) is 17.4 Å². The maximum absolute atomic E-state index is 13.6. The van der Waals surface area contributed by atoms with Crippen LogP contribution in [0.5, 0.6) is 0 Å². The molecule has 0 saturated heterocycles. The Balaban J connectivity index is 2.76. The lowest BCUT2D eigenvalue weighted by Gasteiger charge is -2.24. The molecule has 1 aromatic carbocycles. The summed E-state index contributed by atoms with van der Waals surface area (Å²) in [4.78, 5) is 0. The summed E-state index contributed by atoms with van der Waals surface area (Å²) in [6, 6.07) is 4.67. The van der Waals surface area contributed by atoms with Gasteiger partial charge in [-0.15, -0.1) is 0 Å². The Hall–Kier alpha value is -1.62. The number of nitrogens with zero attached hydrogens (tertiary/aromatic N) is 2. The van der Waals surface area contributed by atoms with Gasteiger partial charge in [0.15, 0.2) is 0 Å². The average molecular weight is 273 g/mol. The highest BCUT2D eigenvalue weighted by molar-refractivity contribution is 6.35. The predicted molar refractivity (Wildman–Crippen MR) is 83.4 cm³/mol. The molecule has 1 heterocycles. The van der Waals surface area contributed by atoms with Crippen molar-refractivity contribution in [1.29, 1.82) is 0 Å². The van der Waals surface area contributed by atoms with Crippen LogP contribution in [0, 0.1) is 5.82 Å². The summed E-state index contributed by atoms with van der Waals surface area (Å²) in [5, 5.41) is 4.47. The SMILES string of the molecule is Bc1ccc(F)cc1-c1c([C@@H](C)N)cnn1C(C)(C)C. The zero-order valence-corrected chi connectivity index (χ0v) is 12.7. The molecule has 0 aliphatic heterocycles. The predicted octanol–water partition coefficient (Wildman–Crippen LogP) is 1.72. The third-order valence-corrected chi connectivity index (χ3v) is 3.38. The first-order valence-corrected chi connectivity index (χ1v) is 6.82. The molecule has 0 radical (unpaired) electrons. The molecule has 1 atom stereocenters. The van der Waals surface area contributed by atoms with Gasteiger partial charge in [-0.05, 0) is 45.4 Å². The van der Waals surface area contributed by atoms with Crippen molar-refractivity contribution < 1.29 is 4.39 Å². The third-order valence-electron chi connectivity index (χ3n) is 3.38. The highest BCUT2D eigenvalue weighted by atomic mass is 19.1. The second kappa shape index (κ2) is 5.06. The highest BCUT2D eigenvalue weighted by Crippen LogP contribution is 2.30. The Morgan fingerprint density at radius 3 is 2.55 bits per heavy atom. The molecule has 5 heteroatoms. The minimum Gasteiger partial charge on any atom is -0.324 e. The van der Waals surface area contributed by atoms with Crippen LogP contribution >= 0.6 is 0 Å². The maximum Gasteiger partial charge on any atom is 0.140 e. The summed E-state index contributed by atoms with van der Waals surface area (Å²) in [6.45, 7) is 8.14. The van der Waals surface area contributed by atoms with Gasteiger partial charge in [0.25, 0.3) is 0 Å². The van der Waals surface area contributed by atoms with Crippen LogP contribution in [0.4, 0.5) is 4.39 Å². The lowest BCUT2D eigenvalue weighted by Crippen LogP contribution is -2.26. The molecule has 0 bridgehead atoms. The van der Waals surface area contributed by atoms with E-state index in [-0.39, 0.29) is 17.4 Å². The van der Waals surface area contributed by atoms with Crippen LogP contribution in [0.3, 0.4) is 0 Å². The number of hydrogen-bond acceptors (Lipinski definition) is 2. The van der Waals surface area contributed by atoms with E-state index in [4.69, 9.17) is 5.73 Å². The van der Waals surface area contributed by atoms with Gasteiger partial charge in [-0.3, -0.25) is 4.68 Å². The molecule has 0 aliphatic carbocycles. The van der Waals surface area contributed by atoms with Gasteiger partial charge in [0.1, 0.15) is 13.7 Å². The Kier molecular flexibility index (Phi) is 3.74. The quantitative estimate of drug-likeness (QED) is 0.847. The van der Waals surface area contributed by atoms with Crippen molar-refractivity contribution in [3.05, 3.63) is 35.8 Å². The smallest absolute Gasteiger partial charge is 0.140 e. The fourth-order valence-electron chi connectivity index (χ4n) is 2.32. The van der Waals surface area contributed by atoms with Crippen molar-refractivity contribution in [2.24, 2.45) is 5.73 Å². The third kappa shape index (κ3) is 2.63. The van der Waals surface area contributed by atoms with Crippen molar-refractivity contribution in [2.45, 2.75) is 39.3 Å². The molecule has 1 aromatic heterocycles. The van der Waals surface area contributed by atoms with Crippen LogP contribution in [0.15, 0.2) is 24.4 Å². The van der Waals surface area contributed by atoms with Gasteiger partial charge in [-0.2, -0.15) is 5.10 Å². The summed E-state index contributed by atoms with van der Waals surface area (Å²) < 4.78 is 15.6. The molecule has 0 amide bonds. The molecule has 0 saturated carbocycles. The average Bonchev–Trinajstić information content (AvgIpc) is 2.76. The summed E-state index contributed by atoms with van der Waals surface area (Å²) in [5.41, 5.74) is 9.57. The van der Waals surface area contributed by atoms with Crippen LogP contribution < -0.4 is 11.2 Å². The number of aromatic nitrogens is 2. The van der Waals surface area contributed by atoms with Gasteiger partial charge in [-0.1, -0.05) is 11.5 Å². The van der Waals surface area contributed by atoms with Gasteiger partial charge in [-0.25, -0.2) is 4.39 Å². The van der Waals surface area contributed by atoms with Crippen LogP contribution in [-0.2, 0) is 5.54 Å². The fraction of sp³-hybridized carbons (Fsp3) is 0.400. The molecule has 0 fully saturated rings. The summed E-state index contributed by atoms with van der Waals surface area (Å²) >= 11 is 0. The van der Waals surface area contributed by atoms with Crippen molar-refractivity contribution in [2.75, 3.05) is 0 Å². The molecule has 0 aliphatic rings. The highest BCUT2D eigenvalue weighted by Gasteiger charge is 2.24. The molecule has 2 aromatic rings. The number of hydrogen-bond donors (Lipinski definition) is 1. The summed E-state index contributed by atoms with van der Waals surface area (Å²) in [6.07, 6.45) is 1.79. The lowest BCUT2D eigenvalue weighted by atomic mass is 9.87. The second-order valence-corrected chi connectivity index (χ2v) is 6.28. The van der Waals surface area contributed by atoms with Crippen molar-refractivity contribution in [1.82, 2.24) is 9.78 Å². The molecule has 106 valence electrons. The molecular formula is C15H21BFN3. The topological polar surface area (TPSA) is 43.8 Å². The van der Waals surface area contributed by atoms with Crippen molar-refractivity contribution in [3.8, 4) is 11.3 Å². The van der Waals surface area contributed by atoms with Crippen LogP contribution in [0.25, 0.3) is 11.3 Å². The van der Waals surface area contributed by atoms with E-state index >= 15 is 0 Å². The van der Waals surface area contributed by atoms with E-state index < -0.39 is 0 Å². The Bertz CT molecular complexity index is 627. The van der Waals surface area contributed by atoms with Crippen molar-refractivity contribution in [3.63, 3.8) is 0 Å². The Morgan fingerprint density at radius 1 is 1.35 bits per heavy atom. The molecule has 0 unspecified atom stereocenters. The van der Waals surface area contributed by atoms with E-state index in [1.54, 1.807) is 18.3 Å².